The average molecular weight is 618 g/mol. The van der Waals surface area contributed by atoms with E-state index in [1.807, 2.05) is 0 Å². The maximum absolute atomic E-state index is 15.0. The van der Waals surface area contributed by atoms with Crippen LogP contribution in [0.4, 0.5) is 4.39 Å². The van der Waals surface area contributed by atoms with Crippen molar-refractivity contribution < 1.29 is 23.8 Å². The van der Waals surface area contributed by atoms with Gasteiger partial charge in [0.15, 0.2) is 12.4 Å². The topological polar surface area (TPSA) is 141 Å². The zero-order chi connectivity index (χ0) is 31.4. The first-order valence-corrected chi connectivity index (χ1v) is 13.9. The monoisotopic (exact) mass is 617 g/mol. The number of ether oxygens (including phenoxy) is 1. The van der Waals surface area contributed by atoms with Crippen molar-refractivity contribution in [3.05, 3.63) is 103 Å². The van der Waals surface area contributed by atoms with Crippen LogP contribution in [0.15, 0.2) is 64.4 Å². The van der Waals surface area contributed by atoms with Gasteiger partial charge in [-0.05, 0) is 54.4 Å². The number of para-hydroxylation sites is 1. The van der Waals surface area contributed by atoms with Gasteiger partial charge in [-0.1, -0.05) is 37.6 Å². The van der Waals surface area contributed by atoms with Crippen molar-refractivity contribution in [1.82, 2.24) is 23.7 Å². The van der Waals surface area contributed by atoms with E-state index >= 15 is 0 Å². The lowest BCUT2D eigenvalue weighted by Gasteiger charge is -2.12. The van der Waals surface area contributed by atoms with E-state index in [0.717, 1.165) is 4.57 Å². The number of fused-ring (bicyclic) bond motifs is 3. The number of nitrogens with one attached hydrogen (secondary N) is 1. The number of carbonyl (C=O) groups is 2. The third-order valence-electron chi connectivity index (χ3n) is 7.48. The van der Waals surface area contributed by atoms with Crippen LogP contribution < -0.4 is 11.2 Å². The van der Waals surface area contributed by atoms with Crippen LogP contribution in [-0.2, 0) is 22.8 Å². The van der Waals surface area contributed by atoms with E-state index in [2.05, 4.69) is 9.97 Å². The number of aryl methyl sites for hydroxylation is 1. The molecule has 0 aliphatic carbocycles. The second-order valence-electron chi connectivity index (χ2n) is 10.7. The van der Waals surface area contributed by atoms with E-state index in [9.17, 15) is 28.7 Å². The van der Waals surface area contributed by atoms with Gasteiger partial charge in [-0.2, -0.15) is 0 Å². The molecule has 0 unspecified atom stereocenters. The molecular formula is C31H25ClFN5O6. The molecule has 0 atom stereocenters. The molecule has 224 valence electrons. The van der Waals surface area contributed by atoms with Gasteiger partial charge in [0.2, 0.25) is 0 Å². The van der Waals surface area contributed by atoms with Crippen LogP contribution in [0, 0.1) is 18.7 Å². The van der Waals surface area contributed by atoms with Crippen molar-refractivity contribution in [1.29, 1.82) is 0 Å². The molecule has 44 heavy (non-hydrogen) atoms. The standard InChI is InChI=1S/C31H25ClFN5O6/c1-15(2)30(42)44-14-36-13-34-23-9-17(20(32)10-25(23)36)12-37-24-11-21(33)16(3)8-19(24)26(27(37)29(40)41)38-28(39)18-6-4-5-7-22(18)35-31(38)43/h4-11,13,15H,12,14H2,1-3H3,(H,35,43)(H,40,41). The van der Waals surface area contributed by atoms with Crippen LogP contribution in [0.25, 0.3) is 38.5 Å². The van der Waals surface area contributed by atoms with Crippen LogP contribution in [-0.4, -0.2) is 40.7 Å². The van der Waals surface area contributed by atoms with Gasteiger partial charge >= 0.3 is 17.6 Å². The fourth-order valence-electron chi connectivity index (χ4n) is 5.25. The maximum Gasteiger partial charge on any atom is 0.354 e. The normalized spacial score (nSPS) is 11.7. The summed E-state index contributed by atoms with van der Waals surface area (Å²) in [6.45, 7) is 4.71. The Morgan fingerprint density at radius 2 is 1.84 bits per heavy atom. The lowest BCUT2D eigenvalue weighted by Crippen LogP contribution is -2.34. The zero-order valence-corrected chi connectivity index (χ0v) is 24.5. The minimum atomic E-state index is -1.44. The number of halogens is 2. The molecule has 0 aliphatic heterocycles. The van der Waals surface area contributed by atoms with Crippen LogP contribution in [0.1, 0.15) is 35.5 Å². The quantitative estimate of drug-likeness (QED) is 0.241. The van der Waals surface area contributed by atoms with Crippen molar-refractivity contribution in [3.8, 4) is 5.69 Å². The number of esters is 1. The van der Waals surface area contributed by atoms with Gasteiger partial charge in [0.05, 0.1) is 51.9 Å². The number of nitrogens with zero attached hydrogens (tertiary/aromatic N) is 4. The summed E-state index contributed by atoms with van der Waals surface area (Å²) in [6, 6.07) is 12.2. The summed E-state index contributed by atoms with van der Waals surface area (Å²) in [6.07, 6.45) is 1.49. The third kappa shape index (κ3) is 4.73. The molecular weight excluding hydrogens is 593 g/mol. The molecule has 3 aromatic heterocycles. The van der Waals surface area contributed by atoms with Gasteiger partial charge in [0, 0.05) is 10.4 Å². The molecule has 13 heteroatoms. The molecule has 0 saturated carbocycles. The van der Waals surface area contributed by atoms with Crippen molar-refractivity contribution in [2.24, 2.45) is 5.92 Å². The minimum Gasteiger partial charge on any atom is -0.477 e. The molecule has 0 saturated heterocycles. The van der Waals surface area contributed by atoms with E-state index in [4.69, 9.17) is 16.3 Å². The molecule has 0 radical (unpaired) electrons. The summed E-state index contributed by atoms with van der Waals surface area (Å²) in [7, 11) is 0. The molecule has 3 aromatic carbocycles. The molecule has 3 heterocycles. The number of aromatic amines is 1. The molecule has 0 aliphatic rings. The fraction of sp³-hybridized carbons (Fsp3) is 0.194. The Kier molecular flexibility index (Phi) is 7.08. The van der Waals surface area contributed by atoms with E-state index in [1.54, 1.807) is 48.7 Å². The SMILES string of the molecule is Cc1cc2c(-n3c(=O)[nH]c4ccccc4c3=O)c(C(=O)O)n(Cc3cc4ncn(COC(=O)C(C)C)c4cc3Cl)c2cc1F. The number of rotatable bonds is 7. The number of hydrogen-bond donors (Lipinski definition) is 2. The predicted octanol–water partition coefficient (Wildman–Crippen LogP) is 4.99. The summed E-state index contributed by atoms with van der Waals surface area (Å²) in [4.78, 5) is 58.8. The molecule has 0 fully saturated rings. The highest BCUT2D eigenvalue weighted by molar-refractivity contribution is 6.32. The Hall–Kier alpha value is -5.23. The van der Waals surface area contributed by atoms with Crippen LogP contribution in [0.5, 0.6) is 0 Å². The second kappa shape index (κ2) is 10.8. The third-order valence-corrected chi connectivity index (χ3v) is 7.84. The Morgan fingerprint density at radius 1 is 1.09 bits per heavy atom. The van der Waals surface area contributed by atoms with Crippen LogP contribution >= 0.6 is 11.6 Å². The lowest BCUT2D eigenvalue weighted by atomic mass is 10.1. The molecule has 0 amide bonds. The fourth-order valence-corrected chi connectivity index (χ4v) is 5.47. The maximum atomic E-state index is 15.0. The van der Waals surface area contributed by atoms with E-state index in [1.165, 1.54) is 36.0 Å². The smallest absolute Gasteiger partial charge is 0.354 e. The van der Waals surface area contributed by atoms with E-state index < -0.39 is 28.7 Å². The number of imidazole rings is 1. The molecule has 6 rings (SSSR count). The number of carboxylic acids is 1. The summed E-state index contributed by atoms with van der Waals surface area (Å²) in [5, 5.41) is 11.1. The Bertz CT molecular complexity index is 2280. The molecule has 0 bridgehead atoms. The number of hydrogen-bond acceptors (Lipinski definition) is 6. The Labute approximate surface area is 252 Å². The first-order chi connectivity index (χ1) is 21.0. The van der Waals surface area contributed by atoms with Crippen molar-refractivity contribution in [2.75, 3.05) is 0 Å². The number of carboxylic acid groups (broad SMARTS) is 1. The molecule has 6 aromatic rings. The van der Waals surface area contributed by atoms with E-state index in [0.29, 0.717) is 22.1 Å². The van der Waals surface area contributed by atoms with Gasteiger partial charge in [0.25, 0.3) is 5.56 Å². The first-order valence-electron chi connectivity index (χ1n) is 13.6. The highest BCUT2D eigenvalue weighted by atomic mass is 35.5. The number of carbonyl (C=O) groups excluding carboxylic acids is 1. The average Bonchev–Trinajstić information content (AvgIpc) is 3.50. The Morgan fingerprint density at radius 3 is 2.57 bits per heavy atom. The van der Waals surface area contributed by atoms with Crippen molar-refractivity contribution in [3.63, 3.8) is 0 Å². The van der Waals surface area contributed by atoms with E-state index in [-0.39, 0.29) is 57.7 Å². The summed E-state index contributed by atoms with van der Waals surface area (Å²) >= 11 is 6.68. The number of aromatic nitrogens is 5. The number of aromatic carboxylic acids is 1. The predicted molar refractivity (Wildman–Crippen MR) is 162 cm³/mol. The van der Waals surface area contributed by atoms with Crippen molar-refractivity contribution in [2.45, 2.75) is 34.0 Å². The van der Waals surface area contributed by atoms with Crippen LogP contribution in [0.3, 0.4) is 0 Å². The van der Waals surface area contributed by atoms with Gasteiger partial charge in [0.1, 0.15) is 5.82 Å². The van der Waals surface area contributed by atoms with Gasteiger partial charge in [-0.3, -0.25) is 14.2 Å². The lowest BCUT2D eigenvalue weighted by molar-refractivity contribution is -0.151. The largest absolute Gasteiger partial charge is 0.477 e. The van der Waals surface area contributed by atoms with Crippen molar-refractivity contribution >= 4 is 56.4 Å². The molecule has 0 spiro atoms. The number of H-pyrrole nitrogens is 1. The first kappa shape index (κ1) is 28.9. The summed E-state index contributed by atoms with van der Waals surface area (Å²) in [5.41, 5.74) is -0.0444. The highest BCUT2D eigenvalue weighted by Gasteiger charge is 2.28. The summed E-state index contributed by atoms with van der Waals surface area (Å²) in [5.74, 6) is -2.73. The molecule has 2 N–H and O–H groups in total. The Balaban J connectivity index is 1.55. The molecule has 11 nitrogen and oxygen atoms in total. The highest BCUT2D eigenvalue weighted by Crippen LogP contribution is 2.33. The minimum absolute atomic E-state index is 0.0777. The van der Waals surface area contributed by atoms with Gasteiger partial charge < -0.3 is 19.4 Å². The van der Waals surface area contributed by atoms with Crippen LogP contribution in [0.2, 0.25) is 5.02 Å². The number of benzene rings is 3. The zero-order valence-electron chi connectivity index (χ0n) is 23.7. The van der Waals surface area contributed by atoms with Gasteiger partial charge in [-0.15, -0.1) is 0 Å². The van der Waals surface area contributed by atoms with Gasteiger partial charge in [-0.25, -0.2) is 23.5 Å². The second-order valence-corrected chi connectivity index (χ2v) is 11.1. The summed E-state index contributed by atoms with van der Waals surface area (Å²) < 4.78 is 24.0.